The standard InChI is InChI=1S/C17H15F3N6O/c1-2-25-12-5-4-11(9-10(12)3-8-15(25)27)21-13-6-7-14-22-23-16(17(18,19)20)26(14)24-13/h4-7,9H,2-3,8H2,1H3,(H,21,24). The molecule has 0 radical (unpaired) electrons. The number of rotatable bonds is 3. The van der Waals surface area contributed by atoms with E-state index in [0.29, 0.717) is 29.6 Å². The van der Waals surface area contributed by atoms with Gasteiger partial charge in [-0.2, -0.15) is 17.7 Å². The van der Waals surface area contributed by atoms with E-state index in [1.54, 1.807) is 11.0 Å². The second-order valence-electron chi connectivity index (χ2n) is 6.12. The number of nitrogens with one attached hydrogen (secondary N) is 1. The van der Waals surface area contributed by atoms with Crippen molar-refractivity contribution in [3.8, 4) is 0 Å². The Morgan fingerprint density at radius 1 is 1.15 bits per heavy atom. The third kappa shape index (κ3) is 3.07. The molecular weight excluding hydrogens is 361 g/mol. The van der Waals surface area contributed by atoms with Crippen LogP contribution in [0, 0.1) is 0 Å². The summed E-state index contributed by atoms with van der Waals surface area (Å²) in [6.45, 7) is 2.50. The Morgan fingerprint density at radius 3 is 2.70 bits per heavy atom. The molecule has 0 aliphatic carbocycles. The lowest BCUT2D eigenvalue weighted by Gasteiger charge is -2.28. The zero-order valence-corrected chi connectivity index (χ0v) is 14.3. The van der Waals surface area contributed by atoms with Gasteiger partial charge in [-0.3, -0.25) is 4.79 Å². The molecule has 3 aromatic rings. The number of benzene rings is 1. The third-order valence-electron chi connectivity index (χ3n) is 4.38. The van der Waals surface area contributed by atoms with Crippen LogP contribution in [0.25, 0.3) is 5.65 Å². The number of aryl methyl sites for hydroxylation is 1. The summed E-state index contributed by atoms with van der Waals surface area (Å²) in [4.78, 5) is 13.7. The molecule has 10 heteroatoms. The van der Waals surface area contributed by atoms with Gasteiger partial charge in [0.1, 0.15) is 0 Å². The van der Waals surface area contributed by atoms with E-state index in [2.05, 4.69) is 20.6 Å². The lowest BCUT2D eigenvalue weighted by molar-refractivity contribution is -0.146. The minimum Gasteiger partial charge on any atom is -0.339 e. The van der Waals surface area contributed by atoms with E-state index in [9.17, 15) is 18.0 Å². The number of carbonyl (C=O) groups is 1. The number of anilines is 3. The Bertz CT molecular complexity index is 1030. The highest BCUT2D eigenvalue weighted by molar-refractivity contribution is 5.96. The van der Waals surface area contributed by atoms with Crippen LogP contribution in [0.1, 0.15) is 24.7 Å². The summed E-state index contributed by atoms with van der Waals surface area (Å²) in [6.07, 6.45) is -3.59. The normalized spacial score (nSPS) is 14.5. The first-order valence-corrected chi connectivity index (χ1v) is 8.37. The van der Waals surface area contributed by atoms with Crippen molar-refractivity contribution in [2.24, 2.45) is 0 Å². The number of hydrogen-bond acceptors (Lipinski definition) is 5. The molecule has 7 nitrogen and oxygen atoms in total. The fourth-order valence-electron chi connectivity index (χ4n) is 3.16. The number of carbonyl (C=O) groups excluding carboxylic acids is 1. The van der Waals surface area contributed by atoms with Crippen LogP contribution in [-0.4, -0.2) is 32.3 Å². The van der Waals surface area contributed by atoms with E-state index in [1.165, 1.54) is 12.1 Å². The Morgan fingerprint density at radius 2 is 1.96 bits per heavy atom. The molecule has 3 heterocycles. The lowest BCUT2D eigenvalue weighted by atomic mass is 10.0. The molecule has 1 amide bonds. The number of aromatic nitrogens is 4. The first-order chi connectivity index (χ1) is 12.9. The van der Waals surface area contributed by atoms with Crippen molar-refractivity contribution >= 4 is 28.7 Å². The number of alkyl halides is 3. The summed E-state index contributed by atoms with van der Waals surface area (Å²) >= 11 is 0. The Labute approximate surface area is 151 Å². The van der Waals surface area contributed by atoms with Gasteiger partial charge in [-0.1, -0.05) is 0 Å². The van der Waals surface area contributed by atoms with Crippen LogP contribution in [0.15, 0.2) is 30.3 Å². The van der Waals surface area contributed by atoms with Crippen molar-refractivity contribution in [3.63, 3.8) is 0 Å². The first-order valence-electron chi connectivity index (χ1n) is 8.37. The average Bonchev–Trinajstić information content (AvgIpc) is 3.05. The average molecular weight is 376 g/mol. The predicted octanol–water partition coefficient (Wildman–Crippen LogP) is 3.19. The number of amides is 1. The largest absolute Gasteiger partial charge is 0.453 e. The van der Waals surface area contributed by atoms with Gasteiger partial charge in [-0.05, 0) is 49.2 Å². The van der Waals surface area contributed by atoms with E-state index in [1.807, 2.05) is 19.1 Å². The van der Waals surface area contributed by atoms with Gasteiger partial charge < -0.3 is 10.2 Å². The highest BCUT2D eigenvalue weighted by atomic mass is 19.4. The minimum absolute atomic E-state index is 0.00964. The van der Waals surface area contributed by atoms with Crippen LogP contribution in [0.2, 0.25) is 0 Å². The van der Waals surface area contributed by atoms with Gasteiger partial charge in [0.15, 0.2) is 11.5 Å². The molecule has 0 atom stereocenters. The summed E-state index contributed by atoms with van der Waals surface area (Å²) in [6, 6.07) is 8.42. The van der Waals surface area contributed by atoms with Gasteiger partial charge in [0.25, 0.3) is 5.82 Å². The van der Waals surface area contributed by atoms with Crippen molar-refractivity contribution in [1.82, 2.24) is 19.8 Å². The van der Waals surface area contributed by atoms with Gasteiger partial charge in [0.05, 0.1) is 0 Å². The lowest BCUT2D eigenvalue weighted by Crippen LogP contribution is -2.34. The molecule has 140 valence electrons. The zero-order chi connectivity index (χ0) is 19.2. The van der Waals surface area contributed by atoms with E-state index >= 15 is 0 Å². The quantitative estimate of drug-likeness (QED) is 0.760. The maximum absolute atomic E-state index is 13.0. The van der Waals surface area contributed by atoms with Crippen molar-refractivity contribution in [1.29, 1.82) is 0 Å². The smallest absolute Gasteiger partial charge is 0.339 e. The van der Waals surface area contributed by atoms with Gasteiger partial charge in [-0.15, -0.1) is 15.3 Å². The van der Waals surface area contributed by atoms with E-state index in [0.717, 1.165) is 11.3 Å². The van der Waals surface area contributed by atoms with Gasteiger partial charge in [0, 0.05) is 24.3 Å². The van der Waals surface area contributed by atoms with Crippen LogP contribution in [0.3, 0.4) is 0 Å². The van der Waals surface area contributed by atoms with Crippen LogP contribution in [-0.2, 0) is 17.4 Å². The van der Waals surface area contributed by atoms with Gasteiger partial charge in [-0.25, -0.2) is 0 Å². The van der Waals surface area contributed by atoms with E-state index in [-0.39, 0.29) is 17.4 Å². The van der Waals surface area contributed by atoms with E-state index < -0.39 is 12.0 Å². The van der Waals surface area contributed by atoms with Crippen molar-refractivity contribution in [2.45, 2.75) is 25.9 Å². The highest BCUT2D eigenvalue weighted by Gasteiger charge is 2.37. The summed E-state index contributed by atoms with van der Waals surface area (Å²) in [7, 11) is 0. The number of hydrogen-bond donors (Lipinski definition) is 1. The third-order valence-corrected chi connectivity index (χ3v) is 4.38. The molecule has 2 aromatic heterocycles. The molecule has 0 spiro atoms. The number of fused-ring (bicyclic) bond motifs is 2. The number of nitrogens with zero attached hydrogens (tertiary/aromatic N) is 5. The summed E-state index contributed by atoms with van der Waals surface area (Å²) in [5.41, 5.74) is 2.55. The van der Waals surface area contributed by atoms with Crippen molar-refractivity contribution < 1.29 is 18.0 Å². The maximum Gasteiger partial charge on any atom is 0.453 e. The Balaban J connectivity index is 1.66. The summed E-state index contributed by atoms with van der Waals surface area (Å²) in [5, 5.41) is 13.6. The zero-order valence-electron chi connectivity index (χ0n) is 14.3. The molecule has 1 N–H and O–H groups in total. The maximum atomic E-state index is 13.0. The molecule has 4 rings (SSSR count). The fraction of sp³-hybridized carbons (Fsp3) is 0.294. The molecule has 0 unspecified atom stereocenters. The van der Waals surface area contributed by atoms with Gasteiger partial charge in [0.2, 0.25) is 5.91 Å². The molecular formula is C17H15F3N6O. The molecule has 27 heavy (non-hydrogen) atoms. The minimum atomic E-state index is -4.65. The number of halogens is 3. The van der Waals surface area contributed by atoms with Crippen LogP contribution < -0.4 is 10.2 Å². The van der Waals surface area contributed by atoms with Crippen molar-refractivity contribution in [2.75, 3.05) is 16.8 Å². The van der Waals surface area contributed by atoms with Crippen molar-refractivity contribution in [3.05, 3.63) is 41.7 Å². The summed E-state index contributed by atoms with van der Waals surface area (Å²) in [5.74, 6) is -0.860. The SMILES string of the molecule is CCN1C(=O)CCc2cc(Nc3ccc4nnc(C(F)(F)F)n4n3)ccc21. The fourth-order valence-corrected chi connectivity index (χ4v) is 3.16. The van der Waals surface area contributed by atoms with E-state index in [4.69, 9.17) is 0 Å². The molecule has 1 aliphatic rings. The molecule has 0 saturated heterocycles. The molecule has 0 saturated carbocycles. The predicted molar refractivity (Wildman–Crippen MR) is 91.9 cm³/mol. The molecule has 1 aliphatic heterocycles. The van der Waals surface area contributed by atoms with Crippen LogP contribution in [0.5, 0.6) is 0 Å². The summed E-state index contributed by atoms with van der Waals surface area (Å²) < 4.78 is 39.6. The topological polar surface area (TPSA) is 75.4 Å². The monoisotopic (exact) mass is 376 g/mol. The Kier molecular flexibility index (Phi) is 3.97. The molecule has 0 bridgehead atoms. The second kappa shape index (κ2) is 6.22. The van der Waals surface area contributed by atoms with Gasteiger partial charge >= 0.3 is 6.18 Å². The highest BCUT2D eigenvalue weighted by Crippen LogP contribution is 2.31. The first kappa shape index (κ1) is 17.3. The second-order valence-corrected chi connectivity index (χ2v) is 6.12. The molecule has 0 fully saturated rings. The molecule has 1 aromatic carbocycles. The van der Waals surface area contributed by atoms with Crippen LogP contribution >= 0.6 is 0 Å². The van der Waals surface area contributed by atoms with Crippen LogP contribution in [0.4, 0.5) is 30.4 Å². The Hall–Kier alpha value is -3.17.